The van der Waals surface area contributed by atoms with Gasteiger partial charge in [-0.25, -0.2) is 0 Å². The van der Waals surface area contributed by atoms with E-state index < -0.39 is 11.8 Å². The molecule has 0 atom stereocenters. The van der Waals surface area contributed by atoms with Crippen LogP contribution >= 0.6 is 27.3 Å². The number of hydrogen-bond donors (Lipinski definition) is 3. The number of rotatable bonds is 4. The number of nitrogens with two attached hydrogens (primary N) is 2. The van der Waals surface area contributed by atoms with E-state index in [-0.39, 0.29) is 22.7 Å². The minimum Gasteiger partial charge on any atom is -0.366 e. The quantitative estimate of drug-likeness (QED) is 0.766. The number of carbonyl (C=O) groups is 3. The molecule has 3 amide bonds. The number of primary amides is 2. The van der Waals surface area contributed by atoms with Crippen molar-refractivity contribution in [1.29, 1.82) is 0 Å². The molecule has 0 saturated heterocycles. The SMILES string of the molecule is NC(=O)c1cc(NC(=O)c2ccc(Br)s2)cc(C(N)=O)c1. The van der Waals surface area contributed by atoms with Crippen molar-refractivity contribution in [2.75, 3.05) is 5.32 Å². The molecule has 0 bridgehead atoms. The Morgan fingerprint density at radius 1 is 1.00 bits per heavy atom. The second-order valence-corrected chi connectivity index (χ2v) is 6.55. The van der Waals surface area contributed by atoms with Crippen LogP contribution in [0.3, 0.4) is 0 Å². The molecule has 0 unspecified atom stereocenters. The van der Waals surface area contributed by atoms with Crippen molar-refractivity contribution in [1.82, 2.24) is 0 Å². The number of anilines is 1. The molecular formula is C13H10BrN3O3S. The first-order valence-electron chi connectivity index (χ1n) is 5.68. The van der Waals surface area contributed by atoms with Crippen LogP contribution in [0.5, 0.6) is 0 Å². The molecule has 0 aliphatic rings. The maximum absolute atomic E-state index is 12.0. The summed E-state index contributed by atoms with van der Waals surface area (Å²) in [6, 6.07) is 7.44. The molecule has 0 aliphatic heterocycles. The highest BCUT2D eigenvalue weighted by Crippen LogP contribution is 2.23. The molecule has 1 aromatic carbocycles. The summed E-state index contributed by atoms with van der Waals surface area (Å²) in [7, 11) is 0. The van der Waals surface area contributed by atoms with Gasteiger partial charge in [0.05, 0.1) is 8.66 Å². The van der Waals surface area contributed by atoms with E-state index in [4.69, 9.17) is 11.5 Å². The number of carbonyl (C=O) groups excluding carboxylic acids is 3. The van der Waals surface area contributed by atoms with Crippen molar-refractivity contribution in [3.05, 3.63) is 50.1 Å². The predicted molar refractivity (Wildman–Crippen MR) is 83.5 cm³/mol. The third-order valence-electron chi connectivity index (χ3n) is 2.56. The molecule has 108 valence electrons. The summed E-state index contributed by atoms with van der Waals surface area (Å²) in [4.78, 5) is 35.0. The fourth-order valence-corrected chi connectivity index (χ4v) is 2.89. The van der Waals surface area contributed by atoms with Crippen molar-refractivity contribution < 1.29 is 14.4 Å². The first-order chi connectivity index (χ1) is 9.86. The van der Waals surface area contributed by atoms with Crippen LogP contribution in [0, 0.1) is 0 Å². The average Bonchev–Trinajstić information content (AvgIpc) is 2.85. The number of hydrogen-bond acceptors (Lipinski definition) is 4. The van der Waals surface area contributed by atoms with Crippen LogP contribution in [0.15, 0.2) is 34.1 Å². The van der Waals surface area contributed by atoms with Gasteiger partial charge in [0.2, 0.25) is 11.8 Å². The van der Waals surface area contributed by atoms with Gasteiger partial charge < -0.3 is 16.8 Å². The van der Waals surface area contributed by atoms with E-state index in [0.29, 0.717) is 4.88 Å². The topological polar surface area (TPSA) is 115 Å². The van der Waals surface area contributed by atoms with Gasteiger partial charge >= 0.3 is 0 Å². The van der Waals surface area contributed by atoms with E-state index in [1.807, 2.05) is 0 Å². The van der Waals surface area contributed by atoms with Gasteiger partial charge in [0.1, 0.15) is 0 Å². The van der Waals surface area contributed by atoms with Gasteiger partial charge in [0.25, 0.3) is 5.91 Å². The van der Waals surface area contributed by atoms with E-state index in [1.54, 1.807) is 12.1 Å². The third kappa shape index (κ3) is 3.67. The Morgan fingerprint density at radius 3 is 2.00 bits per heavy atom. The molecule has 2 aromatic rings. The molecule has 0 saturated carbocycles. The maximum Gasteiger partial charge on any atom is 0.265 e. The Labute approximate surface area is 132 Å². The highest BCUT2D eigenvalue weighted by Gasteiger charge is 2.13. The summed E-state index contributed by atoms with van der Waals surface area (Å²) in [6.45, 7) is 0. The maximum atomic E-state index is 12.0. The first-order valence-corrected chi connectivity index (χ1v) is 7.29. The van der Waals surface area contributed by atoms with Crippen molar-refractivity contribution in [3.63, 3.8) is 0 Å². The minimum atomic E-state index is -0.715. The fourth-order valence-electron chi connectivity index (χ4n) is 1.61. The van der Waals surface area contributed by atoms with Crippen molar-refractivity contribution in [2.24, 2.45) is 11.5 Å². The zero-order valence-electron chi connectivity index (χ0n) is 10.6. The molecule has 6 nitrogen and oxygen atoms in total. The monoisotopic (exact) mass is 367 g/mol. The Morgan fingerprint density at radius 2 is 1.57 bits per heavy atom. The van der Waals surface area contributed by atoms with Crippen LogP contribution in [-0.2, 0) is 0 Å². The van der Waals surface area contributed by atoms with Crippen LogP contribution in [0.4, 0.5) is 5.69 Å². The number of thiophene rings is 1. The van der Waals surface area contributed by atoms with Gasteiger partial charge in [0.15, 0.2) is 0 Å². The van der Waals surface area contributed by atoms with Crippen molar-refractivity contribution in [2.45, 2.75) is 0 Å². The molecule has 0 aliphatic carbocycles. The number of amides is 3. The summed E-state index contributed by atoms with van der Waals surface area (Å²) in [5.41, 5.74) is 10.8. The van der Waals surface area contributed by atoms with Crippen LogP contribution in [0.25, 0.3) is 0 Å². The van der Waals surface area contributed by atoms with Crippen LogP contribution < -0.4 is 16.8 Å². The van der Waals surface area contributed by atoms with E-state index in [0.717, 1.165) is 3.79 Å². The van der Waals surface area contributed by atoms with Crippen LogP contribution in [0.1, 0.15) is 30.4 Å². The zero-order valence-corrected chi connectivity index (χ0v) is 13.0. The lowest BCUT2D eigenvalue weighted by Crippen LogP contribution is -2.17. The molecule has 2 rings (SSSR count). The molecule has 0 radical (unpaired) electrons. The Kier molecular flexibility index (Phi) is 4.39. The van der Waals surface area contributed by atoms with Gasteiger partial charge in [-0.05, 0) is 46.3 Å². The number of nitrogens with one attached hydrogen (secondary N) is 1. The lowest BCUT2D eigenvalue weighted by atomic mass is 10.1. The minimum absolute atomic E-state index is 0.0916. The van der Waals surface area contributed by atoms with Crippen LogP contribution in [-0.4, -0.2) is 17.7 Å². The Hall–Kier alpha value is -2.19. The lowest BCUT2D eigenvalue weighted by molar-refractivity contribution is 0.0994. The average molecular weight is 368 g/mol. The molecule has 1 aromatic heterocycles. The molecule has 8 heteroatoms. The highest BCUT2D eigenvalue weighted by molar-refractivity contribution is 9.11. The van der Waals surface area contributed by atoms with E-state index >= 15 is 0 Å². The summed E-state index contributed by atoms with van der Waals surface area (Å²) < 4.78 is 0.816. The summed E-state index contributed by atoms with van der Waals surface area (Å²) in [5, 5.41) is 2.60. The van der Waals surface area contributed by atoms with Gasteiger partial charge in [-0.15, -0.1) is 11.3 Å². The lowest BCUT2D eigenvalue weighted by Gasteiger charge is -2.07. The second kappa shape index (κ2) is 6.06. The van der Waals surface area contributed by atoms with E-state index in [2.05, 4.69) is 21.2 Å². The largest absolute Gasteiger partial charge is 0.366 e. The van der Waals surface area contributed by atoms with Gasteiger partial charge in [-0.2, -0.15) is 0 Å². The Balaban J connectivity index is 2.32. The molecule has 21 heavy (non-hydrogen) atoms. The number of halogens is 1. The fraction of sp³-hybridized carbons (Fsp3) is 0. The molecule has 1 heterocycles. The van der Waals surface area contributed by atoms with Gasteiger partial charge in [0, 0.05) is 16.8 Å². The summed E-state index contributed by atoms with van der Waals surface area (Å²) in [5.74, 6) is -1.79. The highest BCUT2D eigenvalue weighted by atomic mass is 79.9. The molecular weight excluding hydrogens is 358 g/mol. The van der Waals surface area contributed by atoms with E-state index in [9.17, 15) is 14.4 Å². The summed E-state index contributed by atoms with van der Waals surface area (Å²) in [6.07, 6.45) is 0. The number of benzene rings is 1. The molecule has 0 fully saturated rings. The third-order valence-corrected chi connectivity index (χ3v) is 4.18. The van der Waals surface area contributed by atoms with Gasteiger partial charge in [-0.1, -0.05) is 0 Å². The normalized spacial score (nSPS) is 10.1. The second-order valence-electron chi connectivity index (χ2n) is 4.09. The predicted octanol–water partition coefficient (Wildman–Crippen LogP) is 1.96. The zero-order chi connectivity index (χ0) is 15.6. The molecule has 5 N–H and O–H groups in total. The first kappa shape index (κ1) is 15.2. The van der Waals surface area contributed by atoms with Crippen molar-refractivity contribution >= 4 is 50.7 Å². The standard InChI is InChI=1S/C13H10BrN3O3S/c14-10-2-1-9(21-10)13(20)17-8-4-6(11(15)18)3-7(5-8)12(16)19/h1-5H,(H2,15,18)(H2,16,19)(H,17,20). The van der Waals surface area contributed by atoms with E-state index in [1.165, 1.54) is 29.5 Å². The smallest absolute Gasteiger partial charge is 0.265 e. The van der Waals surface area contributed by atoms with Gasteiger partial charge in [-0.3, -0.25) is 14.4 Å². The summed E-state index contributed by atoms with van der Waals surface area (Å²) >= 11 is 4.52. The molecule has 0 spiro atoms. The van der Waals surface area contributed by atoms with Crippen LogP contribution in [0.2, 0.25) is 0 Å². The van der Waals surface area contributed by atoms with Crippen molar-refractivity contribution in [3.8, 4) is 0 Å². The Bertz CT molecular complexity index is 710.